The molecule has 1 fully saturated rings. The highest BCUT2D eigenvalue weighted by Gasteiger charge is 2.15. The molecule has 3 nitrogen and oxygen atoms in total. The SMILES string of the molecule is COC(=O)Cc1cccc(C2CCNCC2)c1. The lowest BCUT2D eigenvalue weighted by Crippen LogP contribution is -2.26. The molecular formula is C14H19NO2. The Morgan fingerprint density at radius 3 is 2.88 bits per heavy atom. The highest BCUT2D eigenvalue weighted by molar-refractivity contribution is 5.72. The van der Waals surface area contributed by atoms with Crippen molar-refractivity contribution in [3.05, 3.63) is 35.4 Å². The number of carbonyl (C=O) groups excluding carboxylic acids is 1. The Bertz CT molecular complexity index is 384. The standard InChI is InChI=1S/C14H19NO2/c1-17-14(16)10-11-3-2-4-13(9-11)12-5-7-15-8-6-12/h2-4,9,12,15H,5-8,10H2,1H3. The minimum absolute atomic E-state index is 0.174. The number of esters is 1. The summed E-state index contributed by atoms with van der Waals surface area (Å²) in [5, 5.41) is 3.37. The Labute approximate surface area is 102 Å². The van der Waals surface area contributed by atoms with E-state index in [0.29, 0.717) is 12.3 Å². The third-order valence-electron chi connectivity index (χ3n) is 3.34. The van der Waals surface area contributed by atoms with Crippen LogP contribution in [-0.2, 0) is 16.0 Å². The van der Waals surface area contributed by atoms with Crippen LogP contribution in [0.4, 0.5) is 0 Å². The molecule has 2 rings (SSSR count). The molecule has 1 aliphatic heterocycles. The summed E-state index contributed by atoms with van der Waals surface area (Å²) < 4.78 is 4.69. The van der Waals surface area contributed by atoms with Crippen molar-refractivity contribution in [2.75, 3.05) is 20.2 Å². The average Bonchev–Trinajstić information content (AvgIpc) is 2.40. The van der Waals surface area contributed by atoms with Crippen molar-refractivity contribution < 1.29 is 9.53 Å². The summed E-state index contributed by atoms with van der Waals surface area (Å²) in [6.07, 6.45) is 2.73. The maximum atomic E-state index is 11.2. The second kappa shape index (κ2) is 5.82. The van der Waals surface area contributed by atoms with Gasteiger partial charge in [0.15, 0.2) is 0 Å². The van der Waals surface area contributed by atoms with Crippen molar-refractivity contribution in [3.8, 4) is 0 Å². The number of hydrogen-bond acceptors (Lipinski definition) is 3. The molecule has 3 heteroatoms. The van der Waals surface area contributed by atoms with Gasteiger partial charge in [0.2, 0.25) is 0 Å². The minimum Gasteiger partial charge on any atom is -0.469 e. The van der Waals surface area contributed by atoms with Crippen molar-refractivity contribution in [1.82, 2.24) is 5.32 Å². The lowest BCUT2D eigenvalue weighted by molar-refractivity contribution is -0.139. The van der Waals surface area contributed by atoms with Gasteiger partial charge in [-0.25, -0.2) is 0 Å². The number of ether oxygens (including phenoxy) is 1. The predicted molar refractivity (Wildman–Crippen MR) is 67.0 cm³/mol. The molecule has 0 radical (unpaired) electrons. The first-order chi connectivity index (χ1) is 8.29. The zero-order valence-electron chi connectivity index (χ0n) is 10.2. The Kier molecular flexibility index (Phi) is 4.15. The second-order valence-electron chi connectivity index (χ2n) is 4.52. The van der Waals surface area contributed by atoms with E-state index in [-0.39, 0.29) is 5.97 Å². The van der Waals surface area contributed by atoms with Crippen LogP contribution in [0.15, 0.2) is 24.3 Å². The maximum absolute atomic E-state index is 11.2. The van der Waals surface area contributed by atoms with Gasteiger partial charge in [0, 0.05) is 0 Å². The lowest BCUT2D eigenvalue weighted by atomic mass is 9.89. The van der Waals surface area contributed by atoms with Crippen molar-refractivity contribution >= 4 is 5.97 Å². The van der Waals surface area contributed by atoms with Crippen molar-refractivity contribution in [3.63, 3.8) is 0 Å². The van der Waals surface area contributed by atoms with Gasteiger partial charge in [0.1, 0.15) is 0 Å². The third-order valence-corrected chi connectivity index (χ3v) is 3.34. The van der Waals surface area contributed by atoms with Crippen LogP contribution < -0.4 is 5.32 Å². The van der Waals surface area contributed by atoms with Crippen molar-refractivity contribution in [1.29, 1.82) is 0 Å². The molecule has 0 atom stereocenters. The molecule has 1 aliphatic rings. The molecule has 1 aromatic carbocycles. The van der Waals surface area contributed by atoms with Crippen molar-refractivity contribution in [2.45, 2.75) is 25.2 Å². The van der Waals surface area contributed by atoms with Crippen LogP contribution in [0, 0.1) is 0 Å². The fourth-order valence-corrected chi connectivity index (χ4v) is 2.35. The quantitative estimate of drug-likeness (QED) is 0.810. The summed E-state index contributed by atoms with van der Waals surface area (Å²) in [4.78, 5) is 11.2. The molecule has 0 aromatic heterocycles. The number of rotatable bonds is 3. The topological polar surface area (TPSA) is 38.3 Å². The predicted octanol–water partition coefficient (Wildman–Crippen LogP) is 1.87. The molecule has 0 amide bonds. The summed E-state index contributed by atoms with van der Waals surface area (Å²) in [7, 11) is 1.43. The van der Waals surface area contributed by atoms with Crippen LogP contribution in [0.3, 0.4) is 0 Å². The number of benzene rings is 1. The molecule has 1 N–H and O–H groups in total. The second-order valence-corrected chi connectivity index (χ2v) is 4.52. The highest BCUT2D eigenvalue weighted by atomic mass is 16.5. The van der Waals surface area contributed by atoms with E-state index in [1.54, 1.807) is 0 Å². The molecular weight excluding hydrogens is 214 g/mol. The van der Waals surface area contributed by atoms with Crippen LogP contribution in [0.1, 0.15) is 29.9 Å². The smallest absolute Gasteiger partial charge is 0.309 e. The molecule has 0 saturated carbocycles. The van der Waals surface area contributed by atoms with Gasteiger partial charge in [0.05, 0.1) is 13.5 Å². The first-order valence-electron chi connectivity index (χ1n) is 6.16. The minimum atomic E-state index is -0.174. The van der Waals surface area contributed by atoms with Crippen LogP contribution in [0.5, 0.6) is 0 Å². The van der Waals surface area contributed by atoms with Crippen LogP contribution in [-0.4, -0.2) is 26.2 Å². The molecule has 17 heavy (non-hydrogen) atoms. The summed E-state index contributed by atoms with van der Waals surface area (Å²) in [5.41, 5.74) is 2.40. The Morgan fingerprint density at radius 1 is 1.41 bits per heavy atom. The van der Waals surface area contributed by atoms with E-state index in [4.69, 9.17) is 4.74 Å². The van der Waals surface area contributed by atoms with Crippen LogP contribution in [0.2, 0.25) is 0 Å². The largest absolute Gasteiger partial charge is 0.469 e. The Morgan fingerprint density at radius 2 is 2.18 bits per heavy atom. The molecule has 1 aromatic rings. The molecule has 1 heterocycles. The number of carbonyl (C=O) groups is 1. The Balaban J connectivity index is 2.07. The number of hydrogen-bond donors (Lipinski definition) is 1. The summed E-state index contributed by atoms with van der Waals surface area (Å²) >= 11 is 0. The van der Waals surface area contributed by atoms with Gasteiger partial charge in [-0.1, -0.05) is 24.3 Å². The van der Waals surface area contributed by atoms with E-state index in [9.17, 15) is 4.79 Å². The first-order valence-corrected chi connectivity index (χ1v) is 6.16. The monoisotopic (exact) mass is 233 g/mol. The van der Waals surface area contributed by atoms with Gasteiger partial charge >= 0.3 is 5.97 Å². The average molecular weight is 233 g/mol. The summed E-state index contributed by atoms with van der Waals surface area (Å²) in [5.74, 6) is 0.460. The zero-order chi connectivity index (χ0) is 12.1. The van der Waals surface area contributed by atoms with Gasteiger partial charge in [-0.15, -0.1) is 0 Å². The molecule has 92 valence electrons. The van der Waals surface area contributed by atoms with E-state index in [1.165, 1.54) is 25.5 Å². The van der Waals surface area contributed by atoms with Crippen LogP contribution >= 0.6 is 0 Å². The first kappa shape index (κ1) is 12.1. The zero-order valence-corrected chi connectivity index (χ0v) is 10.2. The van der Waals surface area contributed by atoms with Gasteiger partial charge in [-0.3, -0.25) is 4.79 Å². The molecule has 0 bridgehead atoms. The Hall–Kier alpha value is -1.35. The molecule has 1 saturated heterocycles. The van der Waals surface area contributed by atoms with E-state index >= 15 is 0 Å². The van der Waals surface area contributed by atoms with E-state index in [1.807, 2.05) is 12.1 Å². The highest BCUT2D eigenvalue weighted by Crippen LogP contribution is 2.25. The molecule has 0 unspecified atom stereocenters. The summed E-state index contributed by atoms with van der Waals surface area (Å²) in [6.45, 7) is 2.18. The summed E-state index contributed by atoms with van der Waals surface area (Å²) in [6, 6.07) is 8.33. The van der Waals surface area contributed by atoms with E-state index in [2.05, 4.69) is 17.4 Å². The van der Waals surface area contributed by atoms with Gasteiger partial charge in [-0.05, 0) is 43.0 Å². The van der Waals surface area contributed by atoms with Gasteiger partial charge in [-0.2, -0.15) is 0 Å². The van der Waals surface area contributed by atoms with Crippen LogP contribution in [0.25, 0.3) is 0 Å². The van der Waals surface area contributed by atoms with Crippen molar-refractivity contribution in [2.24, 2.45) is 0 Å². The number of methoxy groups -OCH3 is 1. The molecule has 0 aliphatic carbocycles. The van der Waals surface area contributed by atoms with Gasteiger partial charge < -0.3 is 10.1 Å². The number of piperidine rings is 1. The van der Waals surface area contributed by atoms with E-state index in [0.717, 1.165) is 18.7 Å². The maximum Gasteiger partial charge on any atom is 0.309 e. The van der Waals surface area contributed by atoms with E-state index < -0.39 is 0 Å². The number of nitrogens with one attached hydrogen (secondary N) is 1. The molecule has 0 spiro atoms. The lowest BCUT2D eigenvalue weighted by Gasteiger charge is -2.23. The fraction of sp³-hybridized carbons (Fsp3) is 0.500. The fourth-order valence-electron chi connectivity index (χ4n) is 2.35. The third kappa shape index (κ3) is 3.30. The van der Waals surface area contributed by atoms with Gasteiger partial charge in [0.25, 0.3) is 0 Å². The normalized spacial score (nSPS) is 16.8.